The number of nitrogens with one attached hydrogen (secondary N) is 1. The summed E-state index contributed by atoms with van der Waals surface area (Å²) in [4.78, 5) is 22.6. The number of halogens is 1. The van der Waals surface area contributed by atoms with Crippen molar-refractivity contribution in [2.45, 2.75) is 92.9 Å². The van der Waals surface area contributed by atoms with E-state index in [0.29, 0.717) is 17.4 Å². The number of nitrogens with zero attached hydrogens (tertiary/aromatic N) is 4. The summed E-state index contributed by atoms with van der Waals surface area (Å²) in [5, 5.41) is 2.97. The van der Waals surface area contributed by atoms with Crippen LogP contribution in [0.3, 0.4) is 0 Å². The van der Waals surface area contributed by atoms with Crippen LogP contribution in [-0.2, 0) is 33.0 Å². The Morgan fingerprint density at radius 2 is 1.76 bits per heavy atom. The summed E-state index contributed by atoms with van der Waals surface area (Å²) < 4.78 is 48.1. The second-order valence-electron chi connectivity index (χ2n) is 15.1. The number of sulfone groups is 1. The Balaban J connectivity index is 1.06. The first kappa shape index (κ1) is 35.0. The second-order valence-corrected chi connectivity index (χ2v) is 17.3. The van der Waals surface area contributed by atoms with Crippen molar-refractivity contribution in [1.29, 1.82) is 0 Å². The Labute approximate surface area is 296 Å². The third-order valence-corrected chi connectivity index (χ3v) is 14.7. The van der Waals surface area contributed by atoms with E-state index in [9.17, 15) is 13.2 Å². The average molecular weight is 706 g/mol. The molecular formula is C39H52FN5O4S. The van der Waals surface area contributed by atoms with Gasteiger partial charge in [0, 0.05) is 68.1 Å². The highest BCUT2D eigenvalue weighted by Gasteiger charge is 2.52. The van der Waals surface area contributed by atoms with E-state index in [1.54, 1.807) is 18.2 Å². The largest absolute Gasteiger partial charge is 0.453 e. The van der Waals surface area contributed by atoms with Crippen molar-refractivity contribution in [2.75, 3.05) is 44.7 Å². The van der Waals surface area contributed by atoms with Crippen LogP contribution in [0.25, 0.3) is 0 Å². The van der Waals surface area contributed by atoms with Gasteiger partial charge in [-0.15, -0.1) is 0 Å². The third-order valence-electron chi connectivity index (χ3n) is 12.4. The number of carbonyl (C=O) groups is 1. The number of carbonyl (C=O) groups excluding carboxylic acids is 1. The smallest absolute Gasteiger partial charge is 0.407 e. The molecule has 1 aromatic heterocycles. The molecule has 1 unspecified atom stereocenters. The number of ether oxygens (including phenoxy) is 1. The number of piperidine rings is 1. The maximum Gasteiger partial charge on any atom is 0.407 e. The number of likely N-dealkylation sites (tertiary alicyclic amines) is 1. The summed E-state index contributed by atoms with van der Waals surface area (Å²) in [5.41, 5.74) is 1.69. The third kappa shape index (κ3) is 6.79. The van der Waals surface area contributed by atoms with Crippen LogP contribution in [-0.4, -0.2) is 80.1 Å². The number of aromatic nitrogens is 2. The van der Waals surface area contributed by atoms with Crippen molar-refractivity contribution in [3.8, 4) is 0 Å². The minimum absolute atomic E-state index is 0.0642. The number of imidazole rings is 1. The summed E-state index contributed by atoms with van der Waals surface area (Å²) >= 11 is 0. The molecule has 7 rings (SSSR count). The van der Waals surface area contributed by atoms with E-state index in [2.05, 4.69) is 43.9 Å². The molecule has 4 aliphatic rings. The number of methoxy groups -OCH3 is 1. The Hall–Kier alpha value is -3.44. The minimum Gasteiger partial charge on any atom is -0.453 e. The molecule has 0 radical (unpaired) electrons. The maximum atomic E-state index is 15.1. The molecule has 3 aromatic rings. The molecule has 2 saturated heterocycles. The van der Waals surface area contributed by atoms with Crippen molar-refractivity contribution >= 4 is 21.6 Å². The van der Waals surface area contributed by atoms with Gasteiger partial charge in [-0.3, -0.25) is 0 Å². The number of amides is 1. The number of anilines is 1. The van der Waals surface area contributed by atoms with Crippen LogP contribution in [0.4, 0.5) is 14.9 Å². The van der Waals surface area contributed by atoms with Gasteiger partial charge in [0.1, 0.15) is 11.6 Å². The summed E-state index contributed by atoms with van der Waals surface area (Å²) in [7, 11) is -1.79. The molecule has 4 fully saturated rings. The lowest BCUT2D eigenvalue weighted by atomic mass is 9.58. The first-order valence-corrected chi connectivity index (χ1v) is 20.2. The lowest BCUT2D eigenvalue weighted by Gasteiger charge is -2.51. The lowest BCUT2D eigenvalue weighted by Crippen LogP contribution is -2.56. The van der Waals surface area contributed by atoms with E-state index < -0.39 is 21.3 Å². The van der Waals surface area contributed by atoms with Crippen LogP contribution in [0, 0.1) is 23.6 Å². The Kier molecular flexibility index (Phi) is 10.3. The molecule has 11 heteroatoms. The van der Waals surface area contributed by atoms with Gasteiger partial charge in [0.15, 0.2) is 9.84 Å². The van der Waals surface area contributed by atoms with Gasteiger partial charge in [0.25, 0.3) is 0 Å². The standard InChI is InChI=1S/C39H52FN5O4S/c1-3-37-41-19-22-44(37)27-39(30-7-4-8-31(40)23-30,35-11-6-12-36(35)42-38(46)49-2)29-17-20-43(21-18-29)24-28-25-45(26-28)32-13-15-34(16-14-32)50(47,48)33-9-5-10-33/h4,7-8,13-16,19,22-23,28-29,33,35-36H,3,5-6,9-12,17-18,20-21,24-27H2,1-2H3,(H,42,46)/t35-,36-,39?/m0/s1. The normalized spacial score (nSPS) is 23.6. The summed E-state index contributed by atoms with van der Waals surface area (Å²) in [6.07, 6.45) is 11.7. The lowest BCUT2D eigenvalue weighted by molar-refractivity contribution is 0.0541. The fraction of sp³-hybridized carbons (Fsp3) is 0.590. The fourth-order valence-corrected chi connectivity index (χ4v) is 11.4. The predicted octanol–water partition coefficient (Wildman–Crippen LogP) is 6.22. The number of benzene rings is 2. The van der Waals surface area contributed by atoms with Crippen molar-refractivity contribution in [1.82, 2.24) is 19.8 Å². The number of hydrogen-bond acceptors (Lipinski definition) is 7. The van der Waals surface area contributed by atoms with Gasteiger partial charge < -0.3 is 24.4 Å². The highest BCUT2D eigenvalue weighted by molar-refractivity contribution is 7.92. The molecule has 2 aliphatic carbocycles. The second kappa shape index (κ2) is 14.7. The molecule has 2 aliphatic heterocycles. The topological polar surface area (TPSA) is 96.8 Å². The number of aryl methyl sites for hydroxylation is 1. The van der Waals surface area contributed by atoms with Crippen molar-refractivity contribution in [3.05, 3.63) is 78.1 Å². The molecule has 3 heterocycles. The molecule has 1 N–H and O–H groups in total. The van der Waals surface area contributed by atoms with E-state index in [1.165, 1.54) is 13.2 Å². The quantitative estimate of drug-likeness (QED) is 0.239. The highest BCUT2D eigenvalue weighted by atomic mass is 32.2. The molecule has 0 bridgehead atoms. The zero-order valence-electron chi connectivity index (χ0n) is 29.5. The molecule has 50 heavy (non-hydrogen) atoms. The molecule has 9 nitrogen and oxygen atoms in total. The van der Waals surface area contributed by atoms with Crippen molar-refractivity contribution in [3.63, 3.8) is 0 Å². The zero-order chi connectivity index (χ0) is 34.9. The van der Waals surface area contributed by atoms with Crippen molar-refractivity contribution in [2.24, 2.45) is 17.8 Å². The van der Waals surface area contributed by atoms with Crippen LogP contribution in [0.15, 0.2) is 65.8 Å². The minimum atomic E-state index is -3.20. The summed E-state index contributed by atoms with van der Waals surface area (Å²) in [5.74, 6) is 1.74. The maximum absolute atomic E-state index is 15.1. The van der Waals surface area contributed by atoms with Gasteiger partial charge in [-0.1, -0.05) is 31.9 Å². The predicted molar refractivity (Wildman–Crippen MR) is 192 cm³/mol. The molecule has 0 spiro atoms. The van der Waals surface area contributed by atoms with Crippen LogP contribution < -0.4 is 10.2 Å². The van der Waals surface area contributed by atoms with Crippen LogP contribution in [0.1, 0.15) is 69.7 Å². The summed E-state index contributed by atoms with van der Waals surface area (Å²) in [6, 6.07) is 14.6. The van der Waals surface area contributed by atoms with Gasteiger partial charge in [-0.25, -0.2) is 22.6 Å². The molecule has 2 saturated carbocycles. The molecule has 1 amide bonds. The zero-order valence-corrected chi connectivity index (χ0v) is 30.3. The Bertz CT molecular complexity index is 1730. The highest BCUT2D eigenvalue weighted by Crippen LogP contribution is 2.52. The van der Waals surface area contributed by atoms with E-state index in [-0.39, 0.29) is 28.9 Å². The Morgan fingerprint density at radius 1 is 1.02 bits per heavy atom. The van der Waals surface area contributed by atoms with Gasteiger partial charge in [-0.05, 0) is 105 Å². The van der Waals surface area contributed by atoms with Crippen LogP contribution in [0.2, 0.25) is 0 Å². The van der Waals surface area contributed by atoms with E-state index in [4.69, 9.17) is 4.74 Å². The number of alkyl carbamates (subject to hydrolysis) is 1. The molecular weight excluding hydrogens is 654 g/mol. The van der Waals surface area contributed by atoms with Crippen LogP contribution >= 0.6 is 0 Å². The fourth-order valence-electron chi connectivity index (χ4n) is 9.52. The summed E-state index contributed by atoms with van der Waals surface area (Å²) in [6.45, 7) is 7.71. The first-order chi connectivity index (χ1) is 24.2. The first-order valence-electron chi connectivity index (χ1n) is 18.6. The van der Waals surface area contributed by atoms with Gasteiger partial charge in [-0.2, -0.15) is 0 Å². The molecule has 270 valence electrons. The van der Waals surface area contributed by atoms with Gasteiger partial charge in [0.05, 0.1) is 17.3 Å². The van der Waals surface area contributed by atoms with Crippen molar-refractivity contribution < 1.29 is 22.3 Å². The molecule has 3 atom stereocenters. The Morgan fingerprint density at radius 3 is 2.42 bits per heavy atom. The van der Waals surface area contributed by atoms with E-state index in [1.807, 2.05) is 24.4 Å². The van der Waals surface area contributed by atoms with Gasteiger partial charge in [0.2, 0.25) is 0 Å². The van der Waals surface area contributed by atoms with Crippen LogP contribution in [0.5, 0.6) is 0 Å². The van der Waals surface area contributed by atoms with Gasteiger partial charge >= 0.3 is 6.09 Å². The SMILES string of the molecule is CCc1nccn1CC(c1cccc(F)c1)(C1CCN(CC2CN(c3ccc(S(=O)(=O)C4CCC4)cc3)C2)CC1)[C@H]1CCC[C@@H]1NC(=O)OC. The number of hydrogen-bond donors (Lipinski definition) is 1. The monoisotopic (exact) mass is 705 g/mol. The van der Waals surface area contributed by atoms with E-state index >= 15 is 4.39 Å². The average Bonchev–Trinajstić information content (AvgIpc) is 3.73. The van der Waals surface area contributed by atoms with E-state index in [0.717, 1.165) is 108 Å². The number of rotatable bonds is 12. The molecule has 2 aromatic carbocycles.